The molecular weight excluding hydrogens is 190 g/mol. The summed E-state index contributed by atoms with van der Waals surface area (Å²) in [5, 5.41) is 10.4. The number of hydrogen-bond donors (Lipinski definition) is 2. The van der Waals surface area contributed by atoms with Crippen molar-refractivity contribution in [2.75, 3.05) is 0 Å². The third-order valence-corrected chi connectivity index (χ3v) is 3.99. The summed E-state index contributed by atoms with van der Waals surface area (Å²) in [4.78, 5) is 11.4. The van der Waals surface area contributed by atoms with Gasteiger partial charge in [-0.1, -0.05) is 47.5 Å². The van der Waals surface area contributed by atoms with Crippen LogP contribution in [0.4, 0.5) is 0 Å². The molecule has 0 aliphatic heterocycles. The van der Waals surface area contributed by atoms with Crippen molar-refractivity contribution in [1.82, 2.24) is 0 Å². The number of rotatable bonds is 6. The second-order valence-corrected chi connectivity index (χ2v) is 4.81. The van der Waals surface area contributed by atoms with Gasteiger partial charge in [0.25, 0.3) is 0 Å². The van der Waals surface area contributed by atoms with Crippen LogP contribution in [0.2, 0.25) is 0 Å². The van der Waals surface area contributed by atoms with E-state index < -0.39 is 16.9 Å². The van der Waals surface area contributed by atoms with Crippen molar-refractivity contribution >= 4 is 5.91 Å². The summed E-state index contributed by atoms with van der Waals surface area (Å²) in [6.07, 6.45) is 2.25. The first-order valence-electron chi connectivity index (χ1n) is 5.80. The van der Waals surface area contributed by atoms with Crippen LogP contribution >= 0.6 is 0 Å². The van der Waals surface area contributed by atoms with Gasteiger partial charge in [-0.05, 0) is 12.3 Å². The standard InChI is InChI=1S/C12H25NO2/c1-6-9(7-2)11(4,5)12(15,8-3)10(13)14/h9,15H,6-8H2,1-5H3,(H2,13,14). The smallest absolute Gasteiger partial charge is 0.249 e. The zero-order valence-electron chi connectivity index (χ0n) is 10.6. The first-order chi connectivity index (χ1) is 6.77. The van der Waals surface area contributed by atoms with Gasteiger partial charge in [0.2, 0.25) is 5.91 Å². The molecule has 0 aliphatic carbocycles. The lowest BCUT2D eigenvalue weighted by molar-refractivity contribution is -0.157. The number of carbonyl (C=O) groups is 1. The Morgan fingerprint density at radius 2 is 1.67 bits per heavy atom. The van der Waals surface area contributed by atoms with E-state index in [0.29, 0.717) is 12.3 Å². The fraction of sp³-hybridized carbons (Fsp3) is 0.917. The third-order valence-electron chi connectivity index (χ3n) is 3.99. The molecule has 1 unspecified atom stereocenters. The van der Waals surface area contributed by atoms with Gasteiger partial charge in [-0.25, -0.2) is 0 Å². The van der Waals surface area contributed by atoms with E-state index in [-0.39, 0.29) is 0 Å². The molecule has 3 N–H and O–H groups in total. The zero-order chi connectivity index (χ0) is 12.3. The van der Waals surface area contributed by atoms with E-state index >= 15 is 0 Å². The minimum Gasteiger partial charge on any atom is -0.379 e. The Balaban J connectivity index is 5.20. The molecule has 0 rings (SSSR count). The largest absolute Gasteiger partial charge is 0.379 e. The van der Waals surface area contributed by atoms with E-state index in [2.05, 4.69) is 13.8 Å². The van der Waals surface area contributed by atoms with Gasteiger partial charge < -0.3 is 10.8 Å². The summed E-state index contributed by atoms with van der Waals surface area (Å²) < 4.78 is 0. The van der Waals surface area contributed by atoms with Crippen LogP contribution < -0.4 is 5.73 Å². The number of hydrogen-bond acceptors (Lipinski definition) is 2. The van der Waals surface area contributed by atoms with E-state index in [1.807, 2.05) is 13.8 Å². The lowest BCUT2D eigenvalue weighted by Gasteiger charge is -2.45. The summed E-state index contributed by atoms with van der Waals surface area (Å²) in [6.45, 7) is 9.81. The first kappa shape index (κ1) is 14.4. The Morgan fingerprint density at radius 1 is 1.27 bits per heavy atom. The maximum Gasteiger partial charge on any atom is 0.249 e. The lowest BCUT2D eigenvalue weighted by Crippen LogP contribution is -2.57. The SMILES string of the molecule is CCC(CC)C(C)(C)C(O)(CC)C(N)=O. The van der Waals surface area contributed by atoms with Gasteiger partial charge in [-0.2, -0.15) is 0 Å². The average Bonchev–Trinajstić information content (AvgIpc) is 2.17. The number of carbonyl (C=O) groups excluding carboxylic acids is 1. The Kier molecular flexibility index (Phi) is 4.78. The molecule has 0 aromatic heterocycles. The average molecular weight is 215 g/mol. The highest BCUT2D eigenvalue weighted by atomic mass is 16.3. The van der Waals surface area contributed by atoms with Crippen LogP contribution in [-0.4, -0.2) is 16.6 Å². The van der Waals surface area contributed by atoms with E-state index in [9.17, 15) is 9.90 Å². The fourth-order valence-corrected chi connectivity index (χ4v) is 2.59. The fourth-order valence-electron chi connectivity index (χ4n) is 2.59. The second-order valence-electron chi connectivity index (χ2n) is 4.81. The minimum atomic E-state index is -1.40. The molecule has 0 bridgehead atoms. The Morgan fingerprint density at radius 3 is 1.87 bits per heavy atom. The Hall–Kier alpha value is -0.570. The van der Waals surface area contributed by atoms with E-state index in [1.54, 1.807) is 6.92 Å². The van der Waals surface area contributed by atoms with Gasteiger partial charge in [-0.3, -0.25) is 4.79 Å². The van der Waals surface area contributed by atoms with Gasteiger partial charge in [-0.15, -0.1) is 0 Å². The molecular formula is C12H25NO2. The highest BCUT2D eigenvalue weighted by molar-refractivity contribution is 5.84. The van der Waals surface area contributed by atoms with Crippen LogP contribution in [0.1, 0.15) is 53.9 Å². The molecule has 0 fully saturated rings. The second kappa shape index (κ2) is 4.97. The van der Waals surface area contributed by atoms with Crippen molar-refractivity contribution in [3.63, 3.8) is 0 Å². The highest BCUT2D eigenvalue weighted by Crippen LogP contribution is 2.43. The van der Waals surface area contributed by atoms with E-state index in [1.165, 1.54) is 0 Å². The number of aliphatic hydroxyl groups is 1. The first-order valence-corrected chi connectivity index (χ1v) is 5.80. The van der Waals surface area contributed by atoms with Crippen LogP contribution in [0, 0.1) is 11.3 Å². The topological polar surface area (TPSA) is 63.3 Å². The van der Waals surface area contributed by atoms with Crippen molar-refractivity contribution < 1.29 is 9.90 Å². The van der Waals surface area contributed by atoms with Gasteiger partial charge in [0, 0.05) is 5.41 Å². The zero-order valence-corrected chi connectivity index (χ0v) is 10.6. The van der Waals surface area contributed by atoms with Crippen LogP contribution in [-0.2, 0) is 4.79 Å². The Bertz CT molecular complexity index is 222. The Labute approximate surface area is 93.0 Å². The summed E-state index contributed by atoms with van der Waals surface area (Å²) >= 11 is 0. The number of primary amides is 1. The molecule has 90 valence electrons. The molecule has 3 nitrogen and oxygen atoms in total. The molecule has 0 aromatic rings. The molecule has 15 heavy (non-hydrogen) atoms. The number of nitrogens with two attached hydrogens (primary N) is 1. The summed E-state index contributed by atoms with van der Waals surface area (Å²) in [7, 11) is 0. The molecule has 0 saturated carbocycles. The molecule has 1 amide bonds. The van der Waals surface area contributed by atoms with Gasteiger partial charge in [0.1, 0.15) is 5.60 Å². The van der Waals surface area contributed by atoms with Gasteiger partial charge >= 0.3 is 0 Å². The molecule has 0 heterocycles. The monoisotopic (exact) mass is 215 g/mol. The molecule has 3 heteroatoms. The molecule has 0 radical (unpaired) electrons. The van der Waals surface area contributed by atoms with E-state index in [4.69, 9.17) is 5.73 Å². The minimum absolute atomic E-state index is 0.301. The van der Waals surface area contributed by atoms with Crippen LogP contribution in [0.25, 0.3) is 0 Å². The normalized spacial score (nSPS) is 16.5. The summed E-state index contributed by atoms with van der Waals surface area (Å²) in [5.74, 6) is -0.308. The van der Waals surface area contributed by atoms with Crippen molar-refractivity contribution in [2.45, 2.75) is 59.5 Å². The van der Waals surface area contributed by atoms with Crippen molar-refractivity contribution in [3.05, 3.63) is 0 Å². The molecule has 0 aromatic carbocycles. The summed E-state index contributed by atoms with van der Waals surface area (Å²) in [5.41, 5.74) is 3.45. The predicted molar refractivity (Wildman–Crippen MR) is 62.3 cm³/mol. The predicted octanol–water partition coefficient (Wildman–Crippen LogP) is 2.08. The van der Waals surface area contributed by atoms with Crippen molar-refractivity contribution in [2.24, 2.45) is 17.1 Å². The van der Waals surface area contributed by atoms with Gasteiger partial charge in [0.05, 0.1) is 0 Å². The van der Waals surface area contributed by atoms with Crippen LogP contribution in [0.5, 0.6) is 0 Å². The quantitative estimate of drug-likeness (QED) is 0.712. The maximum absolute atomic E-state index is 11.4. The molecule has 0 spiro atoms. The molecule has 0 saturated heterocycles. The maximum atomic E-state index is 11.4. The highest BCUT2D eigenvalue weighted by Gasteiger charge is 2.50. The lowest BCUT2D eigenvalue weighted by atomic mass is 9.63. The third kappa shape index (κ3) is 2.33. The number of amides is 1. The van der Waals surface area contributed by atoms with Crippen LogP contribution in [0.3, 0.4) is 0 Å². The summed E-state index contributed by atoms with van der Waals surface area (Å²) in [6, 6.07) is 0. The molecule has 1 atom stereocenters. The van der Waals surface area contributed by atoms with E-state index in [0.717, 1.165) is 12.8 Å². The van der Waals surface area contributed by atoms with Crippen molar-refractivity contribution in [3.8, 4) is 0 Å². The van der Waals surface area contributed by atoms with Crippen molar-refractivity contribution in [1.29, 1.82) is 0 Å². The van der Waals surface area contributed by atoms with Gasteiger partial charge in [0.15, 0.2) is 0 Å². The van der Waals surface area contributed by atoms with Crippen LogP contribution in [0.15, 0.2) is 0 Å². The molecule has 0 aliphatic rings.